The summed E-state index contributed by atoms with van der Waals surface area (Å²) in [5, 5.41) is 22.1. The summed E-state index contributed by atoms with van der Waals surface area (Å²) in [6, 6.07) is 13.3. The standard InChI is InChI=1S/C22H18N4O4/c23-11-15-12-24-18-10-21(30-16-6-8-29-13-16)20(26(27)28)9-17(18)22(15)25-7-5-14-3-1-2-4-19(14)25/h1-4,9-10,12,16H,5-8,13H2. The number of para-hydroxylation sites is 1. The summed E-state index contributed by atoms with van der Waals surface area (Å²) in [6.07, 6.45) is 2.83. The van der Waals surface area contributed by atoms with Gasteiger partial charge < -0.3 is 14.4 Å². The average molecular weight is 402 g/mol. The SMILES string of the molecule is N#Cc1cnc2cc(OC3CCOC3)c([N+](=O)[O-])cc2c1N1CCc2ccccc21. The molecule has 1 unspecified atom stereocenters. The fourth-order valence-corrected chi connectivity index (χ4v) is 4.16. The number of benzene rings is 2. The van der Waals surface area contributed by atoms with Crippen molar-refractivity contribution in [3.8, 4) is 11.8 Å². The van der Waals surface area contributed by atoms with Crippen molar-refractivity contribution in [2.45, 2.75) is 18.9 Å². The Bertz CT molecular complexity index is 1200. The van der Waals surface area contributed by atoms with Crippen molar-refractivity contribution in [1.29, 1.82) is 5.26 Å². The van der Waals surface area contributed by atoms with Crippen LogP contribution in [0.5, 0.6) is 5.75 Å². The number of nitriles is 1. The zero-order valence-corrected chi connectivity index (χ0v) is 16.1. The molecule has 0 saturated carbocycles. The van der Waals surface area contributed by atoms with E-state index in [1.165, 1.54) is 17.8 Å². The van der Waals surface area contributed by atoms with Crippen LogP contribution in [0.1, 0.15) is 17.5 Å². The summed E-state index contributed by atoms with van der Waals surface area (Å²) in [6.45, 7) is 1.68. The molecule has 1 fully saturated rings. The molecule has 0 N–H and O–H groups in total. The lowest BCUT2D eigenvalue weighted by Crippen LogP contribution is -2.17. The molecule has 2 aliphatic rings. The lowest BCUT2D eigenvalue weighted by Gasteiger charge is -2.23. The predicted octanol–water partition coefficient (Wildman–Crippen LogP) is 3.88. The Morgan fingerprint density at radius 1 is 1.33 bits per heavy atom. The minimum absolute atomic E-state index is 0.139. The zero-order valence-electron chi connectivity index (χ0n) is 16.1. The fraction of sp³-hybridized carbons (Fsp3) is 0.273. The van der Waals surface area contributed by atoms with Gasteiger partial charge in [-0.2, -0.15) is 5.26 Å². The maximum atomic E-state index is 11.8. The third kappa shape index (κ3) is 3.00. The van der Waals surface area contributed by atoms with E-state index in [-0.39, 0.29) is 17.5 Å². The van der Waals surface area contributed by atoms with Crippen molar-refractivity contribution in [1.82, 2.24) is 4.98 Å². The molecule has 0 spiro atoms. The third-order valence-corrected chi connectivity index (χ3v) is 5.58. The summed E-state index contributed by atoms with van der Waals surface area (Å²) in [5.74, 6) is 0.174. The smallest absolute Gasteiger partial charge is 0.311 e. The molecule has 2 aliphatic heterocycles. The highest BCUT2D eigenvalue weighted by Crippen LogP contribution is 2.42. The Kier molecular flexibility index (Phi) is 4.45. The van der Waals surface area contributed by atoms with Crippen LogP contribution in [0.3, 0.4) is 0 Å². The van der Waals surface area contributed by atoms with Crippen LogP contribution in [-0.2, 0) is 11.2 Å². The van der Waals surface area contributed by atoms with Crippen molar-refractivity contribution in [3.63, 3.8) is 0 Å². The van der Waals surface area contributed by atoms with E-state index in [2.05, 4.69) is 17.1 Å². The van der Waals surface area contributed by atoms with E-state index in [4.69, 9.17) is 9.47 Å². The average Bonchev–Trinajstić information content (AvgIpc) is 3.42. The van der Waals surface area contributed by atoms with Crippen molar-refractivity contribution in [2.24, 2.45) is 0 Å². The molecule has 1 saturated heterocycles. The molecule has 8 heteroatoms. The van der Waals surface area contributed by atoms with Crippen LogP contribution in [0.4, 0.5) is 17.1 Å². The van der Waals surface area contributed by atoms with Crippen molar-refractivity contribution in [2.75, 3.05) is 24.7 Å². The predicted molar refractivity (Wildman–Crippen MR) is 110 cm³/mol. The molecule has 30 heavy (non-hydrogen) atoms. The number of anilines is 2. The van der Waals surface area contributed by atoms with E-state index in [1.807, 2.05) is 23.1 Å². The van der Waals surface area contributed by atoms with E-state index in [0.29, 0.717) is 48.3 Å². The zero-order chi connectivity index (χ0) is 20.7. The molecule has 3 heterocycles. The first-order valence-electron chi connectivity index (χ1n) is 9.77. The number of pyridine rings is 1. The molecular weight excluding hydrogens is 384 g/mol. The molecular formula is C22H18N4O4. The molecule has 5 rings (SSSR count). The molecule has 0 aliphatic carbocycles. The second-order valence-corrected chi connectivity index (χ2v) is 7.36. The number of rotatable bonds is 4. The van der Waals surface area contributed by atoms with Crippen LogP contribution in [0.25, 0.3) is 10.9 Å². The third-order valence-electron chi connectivity index (χ3n) is 5.58. The minimum atomic E-state index is -0.453. The molecule has 2 aromatic carbocycles. The van der Waals surface area contributed by atoms with Gasteiger partial charge in [0.25, 0.3) is 0 Å². The summed E-state index contributed by atoms with van der Waals surface area (Å²) >= 11 is 0. The van der Waals surface area contributed by atoms with E-state index in [1.54, 1.807) is 6.07 Å². The maximum absolute atomic E-state index is 11.8. The first-order valence-corrected chi connectivity index (χ1v) is 9.77. The molecule has 1 atom stereocenters. The number of hydrogen-bond donors (Lipinski definition) is 0. The van der Waals surface area contributed by atoms with Crippen molar-refractivity contribution >= 4 is 28.0 Å². The first-order chi connectivity index (χ1) is 14.7. The molecule has 1 aromatic heterocycles. The van der Waals surface area contributed by atoms with Gasteiger partial charge in [-0.3, -0.25) is 15.1 Å². The largest absolute Gasteiger partial charge is 0.481 e. The number of ether oxygens (including phenoxy) is 2. The van der Waals surface area contributed by atoms with Crippen LogP contribution in [-0.4, -0.2) is 35.8 Å². The van der Waals surface area contributed by atoms with Gasteiger partial charge in [0.15, 0.2) is 5.75 Å². The van der Waals surface area contributed by atoms with E-state index in [0.717, 1.165) is 12.1 Å². The Hall–Kier alpha value is -3.70. The number of nitrogens with zero attached hydrogens (tertiary/aromatic N) is 4. The van der Waals surface area contributed by atoms with Crippen molar-refractivity contribution in [3.05, 3.63) is 63.8 Å². The second kappa shape index (κ2) is 7.28. The normalized spacial score (nSPS) is 17.7. The Balaban J connectivity index is 1.69. The highest BCUT2D eigenvalue weighted by atomic mass is 16.6. The lowest BCUT2D eigenvalue weighted by atomic mass is 10.1. The summed E-state index contributed by atoms with van der Waals surface area (Å²) in [4.78, 5) is 17.8. The number of hydrogen-bond acceptors (Lipinski definition) is 7. The molecule has 150 valence electrons. The van der Waals surface area contributed by atoms with E-state index >= 15 is 0 Å². The topological polar surface area (TPSA) is 102 Å². The van der Waals surface area contributed by atoms with Gasteiger partial charge in [0, 0.05) is 42.4 Å². The molecule has 8 nitrogen and oxygen atoms in total. The fourth-order valence-electron chi connectivity index (χ4n) is 4.16. The van der Waals surface area contributed by atoms with Gasteiger partial charge in [-0.15, -0.1) is 0 Å². The number of fused-ring (bicyclic) bond motifs is 2. The van der Waals surface area contributed by atoms with Crippen LogP contribution in [0.15, 0.2) is 42.6 Å². The number of aromatic nitrogens is 1. The Morgan fingerprint density at radius 3 is 2.97 bits per heavy atom. The molecule has 0 amide bonds. The van der Waals surface area contributed by atoms with Gasteiger partial charge >= 0.3 is 5.69 Å². The van der Waals surface area contributed by atoms with E-state index in [9.17, 15) is 15.4 Å². The van der Waals surface area contributed by atoms with Gasteiger partial charge in [0.2, 0.25) is 0 Å². The van der Waals surface area contributed by atoms with Gasteiger partial charge in [0.1, 0.15) is 12.2 Å². The summed E-state index contributed by atoms with van der Waals surface area (Å²) in [7, 11) is 0. The maximum Gasteiger partial charge on any atom is 0.311 e. The van der Waals surface area contributed by atoms with Crippen LogP contribution in [0.2, 0.25) is 0 Å². The number of nitro groups is 1. The van der Waals surface area contributed by atoms with Crippen LogP contribution >= 0.6 is 0 Å². The van der Waals surface area contributed by atoms with Gasteiger partial charge in [-0.1, -0.05) is 18.2 Å². The van der Waals surface area contributed by atoms with Gasteiger partial charge in [0.05, 0.1) is 34.9 Å². The lowest BCUT2D eigenvalue weighted by molar-refractivity contribution is -0.385. The highest BCUT2D eigenvalue weighted by molar-refractivity contribution is 5.99. The monoisotopic (exact) mass is 402 g/mol. The van der Waals surface area contributed by atoms with Gasteiger partial charge in [-0.25, -0.2) is 0 Å². The Morgan fingerprint density at radius 2 is 2.20 bits per heavy atom. The molecule has 3 aromatic rings. The molecule has 0 radical (unpaired) electrons. The second-order valence-electron chi connectivity index (χ2n) is 7.36. The summed E-state index contributed by atoms with van der Waals surface area (Å²) in [5.41, 5.74) is 3.63. The van der Waals surface area contributed by atoms with Crippen LogP contribution < -0.4 is 9.64 Å². The highest BCUT2D eigenvalue weighted by Gasteiger charge is 2.28. The minimum Gasteiger partial charge on any atom is -0.481 e. The summed E-state index contributed by atoms with van der Waals surface area (Å²) < 4.78 is 11.2. The number of nitro benzene ring substituents is 1. The quantitative estimate of drug-likeness (QED) is 0.482. The first kappa shape index (κ1) is 18.3. The van der Waals surface area contributed by atoms with E-state index < -0.39 is 4.92 Å². The molecule has 0 bridgehead atoms. The van der Waals surface area contributed by atoms with Gasteiger partial charge in [-0.05, 0) is 18.1 Å². The van der Waals surface area contributed by atoms with Crippen LogP contribution in [0, 0.1) is 21.4 Å². The Labute approximate surface area is 172 Å². The van der Waals surface area contributed by atoms with Crippen molar-refractivity contribution < 1.29 is 14.4 Å².